The van der Waals surface area contributed by atoms with Gasteiger partial charge in [-0.1, -0.05) is 17.7 Å². The Hall–Kier alpha value is -0.640. The zero-order valence-corrected chi connectivity index (χ0v) is 9.95. The highest BCUT2D eigenvalue weighted by Gasteiger charge is 2.13. The van der Waals surface area contributed by atoms with E-state index in [4.69, 9.17) is 21.1 Å². The van der Waals surface area contributed by atoms with E-state index in [0.717, 1.165) is 18.6 Å². The summed E-state index contributed by atoms with van der Waals surface area (Å²) < 4.78 is 11.2. The summed E-state index contributed by atoms with van der Waals surface area (Å²) in [5.41, 5.74) is 1.04. The molecule has 0 bridgehead atoms. The molecule has 4 heteroatoms. The molecule has 0 spiro atoms. The molecule has 1 saturated heterocycles. The lowest BCUT2D eigenvalue weighted by molar-refractivity contribution is -0.0448. The average molecular weight is 242 g/mol. The number of halogens is 1. The first kappa shape index (κ1) is 11.8. The standard InChI is InChI=1S/C12H16ClNO2/c13-12-5-4-10(7-14-12)8-15-9-11-3-1-2-6-16-11/h4-5,7,11H,1-3,6,8-9H2. The van der Waals surface area contributed by atoms with Crippen molar-refractivity contribution in [3.05, 3.63) is 29.0 Å². The zero-order valence-electron chi connectivity index (χ0n) is 9.19. The third kappa shape index (κ3) is 3.74. The smallest absolute Gasteiger partial charge is 0.129 e. The normalized spacial score (nSPS) is 20.9. The van der Waals surface area contributed by atoms with Crippen molar-refractivity contribution in [2.24, 2.45) is 0 Å². The van der Waals surface area contributed by atoms with Crippen molar-refractivity contribution in [1.29, 1.82) is 0 Å². The minimum absolute atomic E-state index is 0.272. The molecular formula is C12H16ClNO2. The van der Waals surface area contributed by atoms with Gasteiger partial charge in [0.05, 0.1) is 19.3 Å². The Morgan fingerprint density at radius 1 is 1.44 bits per heavy atom. The van der Waals surface area contributed by atoms with Crippen molar-refractivity contribution < 1.29 is 9.47 Å². The second kappa shape index (κ2) is 6.18. The molecule has 0 saturated carbocycles. The monoisotopic (exact) mass is 241 g/mol. The number of pyridine rings is 1. The van der Waals surface area contributed by atoms with E-state index in [9.17, 15) is 0 Å². The maximum absolute atomic E-state index is 5.70. The lowest BCUT2D eigenvalue weighted by Crippen LogP contribution is -2.24. The minimum Gasteiger partial charge on any atom is -0.376 e. The number of hydrogen-bond donors (Lipinski definition) is 0. The van der Waals surface area contributed by atoms with Gasteiger partial charge >= 0.3 is 0 Å². The van der Waals surface area contributed by atoms with Crippen LogP contribution in [0.4, 0.5) is 0 Å². The van der Waals surface area contributed by atoms with Crippen LogP contribution in [0.2, 0.25) is 5.15 Å². The van der Waals surface area contributed by atoms with Crippen LogP contribution in [0, 0.1) is 0 Å². The summed E-state index contributed by atoms with van der Waals surface area (Å²) >= 11 is 5.70. The van der Waals surface area contributed by atoms with Gasteiger partial charge < -0.3 is 9.47 Å². The molecule has 1 fully saturated rings. The number of aromatic nitrogens is 1. The summed E-state index contributed by atoms with van der Waals surface area (Å²) in [5.74, 6) is 0. The third-order valence-electron chi connectivity index (χ3n) is 2.64. The van der Waals surface area contributed by atoms with E-state index in [0.29, 0.717) is 18.4 Å². The lowest BCUT2D eigenvalue weighted by Gasteiger charge is -2.22. The summed E-state index contributed by atoms with van der Waals surface area (Å²) in [4.78, 5) is 4.00. The molecule has 1 aromatic heterocycles. The van der Waals surface area contributed by atoms with Crippen LogP contribution in [0.1, 0.15) is 24.8 Å². The molecule has 1 aliphatic rings. The van der Waals surface area contributed by atoms with Crippen LogP contribution in [-0.4, -0.2) is 24.3 Å². The SMILES string of the molecule is Clc1ccc(COCC2CCCCO2)cn1. The summed E-state index contributed by atoms with van der Waals surface area (Å²) in [5, 5.41) is 0.513. The second-order valence-electron chi connectivity index (χ2n) is 3.99. The first-order valence-electron chi connectivity index (χ1n) is 5.64. The van der Waals surface area contributed by atoms with Gasteiger partial charge in [-0.2, -0.15) is 0 Å². The molecule has 2 rings (SSSR count). The van der Waals surface area contributed by atoms with Gasteiger partial charge in [0.2, 0.25) is 0 Å². The molecule has 0 radical (unpaired) electrons. The highest BCUT2D eigenvalue weighted by molar-refractivity contribution is 6.29. The molecule has 1 unspecified atom stereocenters. The largest absolute Gasteiger partial charge is 0.376 e. The van der Waals surface area contributed by atoms with Gasteiger partial charge in [0.15, 0.2) is 0 Å². The maximum atomic E-state index is 5.70. The van der Waals surface area contributed by atoms with Crippen molar-refractivity contribution in [2.75, 3.05) is 13.2 Å². The van der Waals surface area contributed by atoms with E-state index in [1.54, 1.807) is 12.3 Å². The quantitative estimate of drug-likeness (QED) is 0.760. The van der Waals surface area contributed by atoms with Crippen LogP contribution < -0.4 is 0 Å². The maximum Gasteiger partial charge on any atom is 0.129 e. The van der Waals surface area contributed by atoms with Crippen molar-refractivity contribution >= 4 is 11.6 Å². The lowest BCUT2D eigenvalue weighted by atomic mass is 10.1. The summed E-state index contributed by atoms with van der Waals surface area (Å²) in [6, 6.07) is 3.70. The Balaban J connectivity index is 1.69. The van der Waals surface area contributed by atoms with Gasteiger partial charge in [0.1, 0.15) is 5.15 Å². The Kier molecular flexibility index (Phi) is 4.57. The molecule has 1 aliphatic heterocycles. The molecule has 0 aliphatic carbocycles. The van der Waals surface area contributed by atoms with Crippen LogP contribution in [0.25, 0.3) is 0 Å². The molecule has 88 valence electrons. The van der Waals surface area contributed by atoms with Crippen LogP contribution in [0.15, 0.2) is 18.3 Å². The van der Waals surface area contributed by atoms with Crippen LogP contribution >= 0.6 is 11.6 Å². The van der Waals surface area contributed by atoms with Gasteiger partial charge in [-0.15, -0.1) is 0 Å². The topological polar surface area (TPSA) is 31.4 Å². The molecule has 1 aromatic rings. The van der Waals surface area contributed by atoms with Gasteiger partial charge in [-0.3, -0.25) is 0 Å². The minimum atomic E-state index is 0.272. The van der Waals surface area contributed by atoms with E-state index in [1.807, 2.05) is 6.07 Å². The summed E-state index contributed by atoms with van der Waals surface area (Å²) in [6.07, 6.45) is 5.55. The predicted molar refractivity (Wildman–Crippen MR) is 62.5 cm³/mol. The van der Waals surface area contributed by atoms with E-state index in [-0.39, 0.29) is 6.10 Å². The van der Waals surface area contributed by atoms with E-state index < -0.39 is 0 Å². The van der Waals surface area contributed by atoms with Crippen molar-refractivity contribution in [1.82, 2.24) is 4.98 Å². The number of ether oxygens (including phenoxy) is 2. The fourth-order valence-electron chi connectivity index (χ4n) is 1.74. The molecule has 0 N–H and O–H groups in total. The molecular weight excluding hydrogens is 226 g/mol. The van der Waals surface area contributed by atoms with E-state index in [1.165, 1.54) is 12.8 Å². The Morgan fingerprint density at radius 3 is 3.06 bits per heavy atom. The van der Waals surface area contributed by atoms with Gasteiger partial charge in [-0.25, -0.2) is 4.98 Å². The average Bonchev–Trinajstić information content (AvgIpc) is 2.33. The molecule has 0 amide bonds. The number of nitrogens with zero attached hydrogens (tertiary/aromatic N) is 1. The summed E-state index contributed by atoms with van der Waals surface area (Å²) in [6.45, 7) is 2.11. The second-order valence-corrected chi connectivity index (χ2v) is 4.38. The Morgan fingerprint density at radius 2 is 2.38 bits per heavy atom. The van der Waals surface area contributed by atoms with Gasteiger partial charge in [0, 0.05) is 12.8 Å². The van der Waals surface area contributed by atoms with Crippen molar-refractivity contribution in [3.63, 3.8) is 0 Å². The predicted octanol–water partition coefficient (Wildman–Crippen LogP) is 2.82. The first-order valence-corrected chi connectivity index (χ1v) is 6.02. The molecule has 16 heavy (non-hydrogen) atoms. The first-order chi connectivity index (χ1) is 7.84. The van der Waals surface area contributed by atoms with Gasteiger partial charge in [0.25, 0.3) is 0 Å². The third-order valence-corrected chi connectivity index (χ3v) is 2.86. The number of rotatable bonds is 4. The molecule has 2 heterocycles. The number of hydrogen-bond acceptors (Lipinski definition) is 3. The summed E-state index contributed by atoms with van der Waals surface area (Å²) in [7, 11) is 0. The fraction of sp³-hybridized carbons (Fsp3) is 0.583. The van der Waals surface area contributed by atoms with Crippen molar-refractivity contribution in [3.8, 4) is 0 Å². The van der Waals surface area contributed by atoms with E-state index >= 15 is 0 Å². The van der Waals surface area contributed by atoms with Crippen molar-refractivity contribution in [2.45, 2.75) is 32.0 Å². The molecule has 3 nitrogen and oxygen atoms in total. The fourth-order valence-corrected chi connectivity index (χ4v) is 1.85. The van der Waals surface area contributed by atoms with Crippen LogP contribution in [-0.2, 0) is 16.1 Å². The van der Waals surface area contributed by atoms with Crippen LogP contribution in [0.5, 0.6) is 0 Å². The zero-order chi connectivity index (χ0) is 11.2. The Labute approximate surface area is 101 Å². The Bertz CT molecular complexity index is 309. The molecule has 0 aromatic carbocycles. The van der Waals surface area contributed by atoms with Crippen LogP contribution in [0.3, 0.4) is 0 Å². The van der Waals surface area contributed by atoms with E-state index in [2.05, 4.69) is 4.98 Å². The van der Waals surface area contributed by atoms with Gasteiger partial charge in [-0.05, 0) is 30.9 Å². The molecule has 1 atom stereocenters. The highest BCUT2D eigenvalue weighted by atomic mass is 35.5. The highest BCUT2D eigenvalue weighted by Crippen LogP contribution is 2.13.